The molecule has 4 rings (SSSR count). The van der Waals surface area contributed by atoms with Gasteiger partial charge >= 0.3 is 0 Å². The monoisotopic (exact) mass is 364 g/mol. The van der Waals surface area contributed by atoms with E-state index in [1.54, 1.807) is 11.3 Å². The lowest BCUT2D eigenvalue weighted by molar-refractivity contribution is -0.120. The molecule has 4 nitrogen and oxygen atoms in total. The summed E-state index contributed by atoms with van der Waals surface area (Å²) in [4.78, 5) is 19.0. The number of benzene rings is 2. The molecule has 0 radical (unpaired) electrons. The number of aryl methyl sites for hydroxylation is 1. The molecular weight excluding hydrogens is 344 g/mol. The number of anilines is 1. The van der Waals surface area contributed by atoms with E-state index < -0.39 is 0 Å². The van der Waals surface area contributed by atoms with Crippen LogP contribution in [0.2, 0.25) is 0 Å². The molecule has 1 aliphatic heterocycles. The van der Waals surface area contributed by atoms with Crippen LogP contribution in [-0.2, 0) is 11.2 Å². The molecule has 0 saturated heterocycles. The fourth-order valence-electron chi connectivity index (χ4n) is 3.34. The number of hydrogen-bond acceptors (Lipinski definition) is 4. The number of carbonyl (C=O) groups excluding carboxylic acids is 1. The molecule has 0 bridgehead atoms. The van der Waals surface area contributed by atoms with Gasteiger partial charge in [-0.3, -0.25) is 4.79 Å². The molecule has 1 atom stereocenters. The number of amides is 1. The number of hydrogen-bond donors (Lipinski definition) is 0. The summed E-state index contributed by atoms with van der Waals surface area (Å²) in [6.07, 6.45) is 0.893. The fraction of sp³-hybridized carbons (Fsp3) is 0.238. The Morgan fingerprint density at radius 3 is 2.73 bits per heavy atom. The van der Waals surface area contributed by atoms with Gasteiger partial charge in [0.1, 0.15) is 10.8 Å². The minimum absolute atomic E-state index is 0.0120. The Morgan fingerprint density at radius 1 is 1.23 bits per heavy atom. The standard InChI is InChI=1S/C21H20N2O2S/c1-14-13-26-21(22-14)16-7-9-18(10-8-16)25-12-20(24)23-15(2)11-17-5-3-4-6-19(17)23/h3-10,13,15H,11-12H2,1-2H3/t15-/m0/s1. The van der Waals surface area contributed by atoms with Crippen molar-refractivity contribution in [3.63, 3.8) is 0 Å². The predicted molar refractivity (Wildman–Crippen MR) is 105 cm³/mol. The van der Waals surface area contributed by atoms with E-state index >= 15 is 0 Å². The second kappa shape index (κ2) is 6.92. The van der Waals surface area contributed by atoms with E-state index in [1.165, 1.54) is 5.56 Å². The van der Waals surface area contributed by atoms with E-state index in [9.17, 15) is 4.79 Å². The zero-order chi connectivity index (χ0) is 18.1. The molecule has 2 aromatic carbocycles. The van der Waals surface area contributed by atoms with Crippen molar-refractivity contribution in [3.8, 4) is 16.3 Å². The zero-order valence-electron chi connectivity index (χ0n) is 14.8. The molecule has 0 fully saturated rings. The Bertz CT molecular complexity index is 933. The van der Waals surface area contributed by atoms with E-state index in [-0.39, 0.29) is 18.6 Å². The van der Waals surface area contributed by atoms with Gasteiger partial charge in [-0.15, -0.1) is 11.3 Å². The Kier molecular flexibility index (Phi) is 4.47. The highest BCUT2D eigenvalue weighted by atomic mass is 32.1. The SMILES string of the molecule is Cc1csc(-c2ccc(OCC(=O)N3c4ccccc4C[C@@H]3C)cc2)n1. The van der Waals surface area contributed by atoms with Crippen molar-refractivity contribution in [3.05, 3.63) is 65.2 Å². The molecule has 3 aromatic rings. The first-order chi connectivity index (χ1) is 12.6. The molecule has 0 unspecified atom stereocenters. The number of carbonyl (C=O) groups is 1. The first-order valence-corrected chi connectivity index (χ1v) is 9.55. The van der Waals surface area contributed by atoms with Crippen LogP contribution in [-0.4, -0.2) is 23.5 Å². The van der Waals surface area contributed by atoms with E-state index in [0.717, 1.165) is 28.4 Å². The molecule has 0 aliphatic carbocycles. The Hall–Kier alpha value is -2.66. The topological polar surface area (TPSA) is 42.4 Å². The molecule has 26 heavy (non-hydrogen) atoms. The van der Waals surface area contributed by atoms with E-state index in [0.29, 0.717) is 5.75 Å². The first kappa shape index (κ1) is 16.8. The van der Waals surface area contributed by atoms with Gasteiger partial charge in [-0.25, -0.2) is 4.98 Å². The van der Waals surface area contributed by atoms with Crippen LogP contribution in [0.4, 0.5) is 5.69 Å². The summed E-state index contributed by atoms with van der Waals surface area (Å²) in [5, 5.41) is 3.03. The van der Waals surface area contributed by atoms with Crippen molar-refractivity contribution < 1.29 is 9.53 Å². The third-order valence-electron chi connectivity index (χ3n) is 4.56. The number of aromatic nitrogens is 1. The molecule has 2 heterocycles. The highest BCUT2D eigenvalue weighted by Crippen LogP contribution is 2.32. The van der Waals surface area contributed by atoms with Crippen molar-refractivity contribution in [2.75, 3.05) is 11.5 Å². The third-order valence-corrected chi connectivity index (χ3v) is 5.57. The summed E-state index contributed by atoms with van der Waals surface area (Å²) in [7, 11) is 0. The molecule has 132 valence electrons. The summed E-state index contributed by atoms with van der Waals surface area (Å²) in [5.74, 6) is 0.678. The van der Waals surface area contributed by atoms with Gasteiger partial charge in [0.05, 0.1) is 0 Å². The normalized spacial score (nSPS) is 15.8. The van der Waals surface area contributed by atoms with Gasteiger partial charge in [0.25, 0.3) is 5.91 Å². The number of para-hydroxylation sites is 1. The summed E-state index contributed by atoms with van der Waals surface area (Å²) in [6.45, 7) is 4.09. The van der Waals surface area contributed by atoms with Crippen LogP contribution in [0.3, 0.4) is 0 Å². The molecule has 5 heteroatoms. The highest BCUT2D eigenvalue weighted by molar-refractivity contribution is 7.13. The number of thiazole rings is 1. The minimum Gasteiger partial charge on any atom is -0.484 e. The van der Waals surface area contributed by atoms with E-state index in [1.807, 2.05) is 59.7 Å². The molecule has 1 amide bonds. The lowest BCUT2D eigenvalue weighted by atomic mass is 10.1. The number of nitrogens with zero attached hydrogens (tertiary/aromatic N) is 2. The average molecular weight is 364 g/mol. The Morgan fingerprint density at radius 2 is 2.00 bits per heavy atom. The van der Waals surface area contributed by atoms with Crippen molar-refractivity contribution in [2.24, 2.45) is 0 Å². The maximum absolute atomic E-state index is 12.7. The summed E-state index contributed by atoms with van der Waals surface area (Å²) in [5.41, 5.74) is 4.30. The number of fused-ring (bicyclic) bond motifs is 1. The van der Waals surface area contributed by atoms with E-state index in [2.05, 4.69) is 18.0 Å². The summed E-state index contributed by atoms with van der Waals surface area (Å²) < 4.78 is 5.73. The lowest BCUT2D eigenvalue weighted by Gasteiger charge is -2.22. The fourth-order valence-corrected chi connectivity index (χ4v) is 4.14. The summed E-state index contributed by atoms with van der Waals surface area (Å²) in [6, 6.07) is 16.0. The maximum atomic E-state index is 12.7. The largest absolute Gasteiger partial charge is 0.484 e. The van der Waals surface area contributed by atoms with Crippen LogP contribution in [0.15, 0.2) is 53.9 Å². The molecular formula is C21H20N2O2S. The lowest BCUT2D eigenvalue weighted by Crippen LogP contribution is -2.39. The molecule has 1 aromatic heterocycles. The molecule has 0 saturated carbocycles. The first-order valence-electron chi connectivity index (χ1n) is 8.67. The maximum Gasteiger partial charge on any atom is 0.265 e. The van der Waals surface area contributed by atoms with Gasteiger partial charge in [0, 0.05) is 28.4 Å². The van der Waals surface area contributed by atoms with Crippen molar-refractivity contribution >= 4 is 22.9 Å². The van der Waals surface area contributed by atoms with Crippen LogP contribution in [0.25, 0.3) is 10.6 Å². The second-order valence-corrected chi connectivity index (χ2v) is 7.41. The van der Waals surface area contributed by atoms with Crippen LogP contribution in [0.1, 0.15) is 18.2 Å². The van der Waals surface area contributed by atoms with Crippen LogP contribution in [0.5, 0.6) is 5.75 Å². The van der Waals surface area contributed by atoms with Crippen LogP contribution < -0.4 is 9.64 Å². The quantitative estimate of drug-likeness (QED) is 0.686. The van der Waals surface area contributed by atoms with Crippen LogP contribution >= 0.6 is 11.3 Å². The Labute approximate surface area is 157 Å². The number of ether oxygens (including phenoxy) is 1. The predicted octanol–water partition coefficient (Wildman–Crippen LogP) is 4.48. The zero-order valence-corrected chi connectivity index (χ0v) is 15.6. The van der Waals surface area contributed by atoms with E-state index in [4.69, 9.17) is 4.74 Å². The van der Waals surface area contributed by atoms with Gasteiger partial charge in [0.15, 0.2) is 6.61 Å². The van der Waals surface area contributed by atoms with Crippen molar-refractivity contribution in [2.45, 2.75) is 26.3 Å². The molecule has 1 aliphatic rings. The molecule has 0 N–H and O–H groups in total. The van der Waals surface area contributed by atoms with Gasteiger partial charge < -0.3 is 9.64 Å². The smallest absolute Gasteiger partial charge is 0.265 e. The van der Waals surface area contributed by atoms with Crippen molar-refractivity contribution in [1.29, 1.82) is 0 Å². The van der Waals surface area contributed by atoms with Crippen molar-refractivity contribution in [1.82, 2.24) is 4.98 Å². The minimum atomic E-state index is -0.0120. The molecule has 0 spiro atoms. The second-order valence-electron chi connectivity index (χ2n) is 6.55. The highest BCUT2D eigenvalue weighted by Gasteiger charge is 2.30. The van der Waals surface area contributed by atoms with Gasteiger partial charge in [-0.2, -0.15) is 0 Å². The summed E-state index contributed by atoms with van der Waals surface area (Å²) >= 11 is 1.62. The van der Waals surface area contributed by atoms with Gasteiger partial charge in [-0.05, 0) is 56.2 Å². The van der Waals surface area contributed by atoms with Gasteiger partial charge in [0.2, 0.25) is 0 Å². The average Bonchev–Trinajstić information content (AvgIpc) is 3.22. The third kappa shape index (κ3) is 3.22. The van der Waals surface area contributed by atoms with Gasteiger partial charge in [-0.1, -0.05) is 18.2 Å². The number of rotatable bonds is 4. The van der Waals surface area contributed by atoms with Crippen LogP contribution in [0, 0.1) is 6.92 Å². The Balaban J connectivity index is 1.42.